The lowest BCUT2D eigenvalue weighted by Gasteiger charge is -2.38. The summed E-state index contributed by atoms with van der Waals surface area (Å²) in [5, 5.41) is 4.34. The molecule has 0 aliphatic heterocycles. The summed E-state index contributed by atoms with van der Waals surface area (Å²) >= 11 is 6.25. The lowest BCUT2D eigenvalue weighted by Crippen LogP contribution is -2.39. The van der Waals surface area contributed by atoms with Crippen LogP contribution in [0.15, 0.2) is 18.2 Å². The molecule has 0 bridgehead atoms. The molecule has 0 heterocycles. The Morgan fingerprint density at radius 3 is 2.76 bits per heavy atom. The Bertz CT molecular complexity index is 447. The van der Waals surface area contributed by atoms with Crippen LogP contribution in [-0.4, -0.2) is 19.6 Å². The monoisotopic (exact) mass is 308 g/mol. The van der Waals surface area contributed by atoms with Gasteiger partial charge in [-0.2, -0.15) is 0 Å². The Kier molecular flexibility index (Phi) is 6.38. The van der Waals surface area contributed by atoms with Gasteiger partial charge in [0, 0.05) is 30.3 Å². The molecule has 2 unspecified atom stereocenters. The van der Waals surface area contributed by atoms with E-state index in [-0.39, 0.29) is 0 Å². The smallest absolute Gasteiger partial charge is 0.0426 e. The van der Waals surface area contributed by atoms with E-state index in [0.29, 0.717) is 6.04 Å². The van der Waals surface area contributed by atoms with Gasteiger partial charge in [-0.1, -0.05) is 44.4 Å². The van der Waals surface area contributed by atoms with Gasteiger partial charge in [-0.25, -0.2) is 0 Å². The minimum atomic E-state index is 0.641. The van der Waals surface area contributed by atoms with Gasteiger partial charge < -0.3 is 10.2 Å². The fraction of sp³-hybridized carbons (Fsp3) is 0.667. The highest BCUT2D eigenvalue weighted by atomic mass is 35.5. The van der Waals surface area contributed by atoms with Crippen LogP contribution in [0.25, 0.3) is 0 Å². The van der Waals surface area contributed by atoms with Crippen molar-refractivity contribution in [1.82, 2.24) is 5.32 Å². The molecule has 1 saturated carbocycles. The van der Waals surface area contributed by atoms with Crippen LogP contribution >= 0.6 is 11.6 Å². The van der Waals surface area contributed by atoms with Crippen molar-refractivity contribution in [2.24, 2.45) is 5.92 Å². The molecule has 2 nitrogen and oxygen atoms in total. The number of nitrogens with one attached hydrogen (secondary N) is 1. The molecular formula is C18H29ClN2. The summed E-state index contributed by atoms with van der Waals surface area (Å²) in [4.78, 5) is 2.47. The highest BCUT2D eigenvalue weighted by molar-refractivity contribution is 6.30. The average Bonchev–Trinajstić information content (AvgIpc) is 2.49. The fourth-order valence-electron chi connectivity index (χ4n) is 3.47. The summed E-state index contributed by atoms with van der Waals surface area (Å²) in [5.74, 6) is 0.763. The predicted octanol–water partition coefficient (Wildman–Crippen LogP) is 4.85. The van der Waals surface area contributed by atoms with E-state index >= 15 is 0 Å². The molecule has 1 aromatic carbocycles. The maximum atomic E-state index is 6.25. The van der Waals surface area contributed by atoms with Crippen LogP contribution in [0.4, 0.5) is 5.69 Å². The van der Waals surface area contributed by atoms with Crippen molar-refractivity contribution >= 4 is 17.3 Å². The fourth-order valence-corrected chi connectivity index (χ4v) is 3.63. The van der Waals surface area contributed by atoms with E-state index in [1.165, 1.54) is 43.4 Å². The Morgan fingerprint density at radius 2 is 2.05 bits per heavy atom. The standard InChI is InChI=1S/C18H29ClN2/c1-4-11-20-13-15-9-10-16(19)12-18(15)21(3)17-8-6-5-7-14(17)2/h9-10,12,14,17,20H,4-8,11,13H2,1-3H3. The van der Waals surface area contributed by atoms with Gasteiger partial charge in [0.25, 0.3) is 0 Å². The van der Waals surface area contributed by atoms with E-state index < -0.39 is 0 Å². The van der Waals surface area contributed by atoms with Gasteiger partial charge in [0.15, 0.2) is 0 Å². The number of benzene rings is 1. The van der Waals surface area contributed by atoms with Crippen LogP contribution in [0.3, 0.4) is 0 Å². The zero-order valence-corrected chi connectivity index (χ0v) is 14.4. The van der Waals surface area contributed by atoms with Gasteiger partial charge in [-0.3, -0.25) is 0 Å². The third-order valence-electron chi connectivity index (χ3n) is 4.73. The lowest BCUT2D eigenvalue weighted by molar-refractivity contribution is 0.321. The Balaban J connectivity index is 2.17. The Morgan fingerprint density at radius 1 is 1.29 bits per heavy atom. The first kappa shape index (κ1) is 16.6. The predicted molar refractivity (Wildman–Crippen MR) is 93.3 cm³/mol. The first-order valence-corrected chi connectivity index (χ1v) is 8.73. The van der Waals surface area contributed by atoms with Gasteiger partial charge in [0.2, 0.25) is 0 Å². The average molecular weight is 309 g/mol. The van der Waals surface area contributed by atoms with Gasteiger partial charge in [0.05, 0.1) is 0 Å². The van der Waals surface area contributed by atoms with E-state index in [1.807, 2.05) is 6.07 Å². The maximum Gasteiger partial charge on any atom is 0.0426 e. The molecule has 1 fully saturated rings. The first-order valence-electron chi connectivity index (χ1n) is 8.35. The zero-order valence-electron chi connectivity index (χ0n) is 13.7. The SMILES string of the molecule is CCCNCc1ccc(Cl)cc1N(C)C1CCCCC1C. The van der Waals surface area contributed by atoms with Crippen LogP contribution in [0.5, 0.6) is 0 Å². The maximum absolute atomic E-state index is 6.25. The molecule has 2 rings (SSSR count). The second kappa shape index (κ2) is 8.05. The van der Waals surface area contributed by atoms with E-state index in [9.17, 15) is 0 Å². The minimum Gasteiger partial charge on any atom is -0.371 e. The van der Waals surface area contributed by atoms with E-state index in [4.69, 9.17) is 11.6 Å². The number of hydrogen-bond acceptors (Lipinski definition) is 2. The largest absolute Gasteiger partial charge is 0.371 e. The van der Waals surface area contributed by atoms with Crippen molar-refractivity contribution in [1.29, 1.82) is 0 Å². The van der Waals surface area contributed by atoms with Gasteiger partial charge >= 0.3 is 0 Å². The van der Waals surface area contributed by atoms with Crippen LogP contribution in [-0.2, 0) is 6.54 Å². The van der Waals surface area contributed by atoms with Crippen LogP contribution in [0.2, 0.25) is 5.02 Å². The molecule has 0 spiro atoms. The lowest BCUT2D eigenvalue weighted by atomic mass is 9.84. The third-order valence-corrected chi connectivity index (χ3v) is 4.97. The zero-order chi connectivity index (χ0) is 15.2. The molecule has 0 radical (unpaired) electrons. The molecule has 21 heavy (non-hydrogen) atoms. The van der Waals surface area contributed by atoms with Crippen molar-refractivity contribution in [3.63, 3.8) is 0 Å². The van der Waals surface area contributed by atoms with Crippen LogP contribution < -0.4 is 10.2 Å². The molecule has 1 aliphatic carbocycles. The summed E-state index contributed by atoms with van der Waals surface area (Å²) < 4.78 is 0. The minimum absolute atomic E-state index is 0.641. The van der Waals surface area contributed by atoms with Crippen molar-refractivity contribution in [3.05, 3.63) is 28.8 Å². The first-order chi connectivity index (χ1) is 10.1. The molecule has 2 atom stereocenters. The number of nitrogens with zero attached hydrogens (tertiary/aromatic N) is 1. The number of halogens is 1. The molecule has 118 valence electrons. The Labute approximate surface area is 134 Å². The summed E-state index contributed by atoms with van der Waals surface area (Å²) in [6, 6.07) is 6.95. The highest BCUT2D eigenvalue weighted by Gasteiger charge is 2.26. The molecule has 0 aromatic heterocycles. The highest BCUT2D eigenvalue weighted by Crippen LogP contribution is 2.33. The van der Waals surface area contributed by atoms with E-state index in [1.54, 1.807) is 0 Å². The summed E-state index contributed by atoms with van der Waals surface area (Å²) in [6.45, 7) is 6.57. The van der Waals surface area contributed by atoms with Crippen molar-refractivity contribution in [3.8, 4) is 0 Å². The van der Waals surface area contributed by atoms with Crippen molar-refractivity contribution in [2.75, 3.05) is 18.5 Å². The number of rotatable bonds is 6. The second-order valence-electron chi connectivity index (χ2n) is 6.39. The molecule has 1 N–H and O–H groups in total. The van der Waals surface area contributed by atoms with Gasteiger partial charge in [0.1, 0.15) is 0 Å². The van der Waals surface area contributed by atoms with Crippen LogP contribution in [0.1, 0.15) is 51.5 Å². The van der Waals surface area contributed by atoms with Crippen molar-refractivity contribution < 1.29 is 0 Å². The van der Waals surface area contributed by atoms with E-state index in [2.05, 4.69) is 43.2 Å². The molecule has 1 aliphatic rings. The molecule has 0 amide bonds. The number of anilines is 1. The van der Waals surface area contributed by atoms with E-state index in [0.717, 1.165) is 24.0 Å². The second-order valence-corrected chi connectivity index (χ2v) is 6.83. The third kappa shape index (κ3) is 4.37. The topological polar surface area (TPSA) is 15.3 Å². The van der Waals surface area contributed by atoms with Crippen LogP contribution in [0, 0.1) is 5.92 Å². The summed E-state index contributed by atoms with van der Waals surface area (Å²) in [7, 11) is 2.24. The normalized spacial score (nSPS) is 22.3. The molecule has 0 saturated heterocycles. The van der Waals surface area contributed by atoms with Gasteiger partial charge in [-0.05, 0) is 49.4 Å². The summed E-state index contributed by atoms with van der Waals surface area (Å²) in [5.41, 5.74) is 2.65. The molecular weight excluding hydrogens is 280 g/mol. The summed E-state index contributed by atoms with van der Waals surface area (Å²) in [6.07, 6.45) is 6.54. The molecule has 1 aromatic rings. The van der Waals surface area contributed by atoms with Gasteiger partial charge in [-0.15, -0.1) is 0 Å². The quantitative estimate of drug-likeness (QED) is 0.755. The van der Waals surface area contributed by atoms with Crippen molar-refractivity contribution in [2.45, 2.75) is 58.5 Å². The molecule has 3 heteroatoms. The number of hydrogen-bond donors (Lipinski definition) is 1. The Hall–Kier alpha value is -0.730.